The molecule has 4 heteroatoms. The lowest BCUT2D eigenvalue weighted by atomic mass is 10.1. The normalized spacial score (nSPS) is 10.1. The molecule has 0 saturated heterocycles. The van der Waals surface area contributed by atoms with Crippen molar-refractivity contribution < 1.29 is 19.4 Å². The van der Waals surface area contributed by atoms with Crippen molar-refractivity contribution in [1.29, 1.82) is 0 Å². The van der Waals surface area contributed by atoms with Crippen LogP contribution in [0.5, 0.6) is 0 Å². The van der Waals surface area contributed by atoms with E-state index < -0.39 is 11.9 Å². The van der Waals surface area contributed by atoms with Gasteiger partial charge in [-0.3, -0.25) is 0 Å². The summed E-state index contributed by atoms with van der Waals surface area (Å²) < 4.78 is 5.17. The Balaban J connectivity index is 2.11. The molecule has 20 heavy (non-hydrogen) atoms. The summed E-state index contributed by atoms with van der Waals surface area (Å²) in [6, 6.07) is 13.7. The molecule has 2 rings (SSSR count). The fourth-order valence-electron chi connectivity index (χ4n) is 1.83. The predicted octanol–water partition coefficient (Wildman–Crippen LogP) is 3.05. The highest BCUT2D eigenvalue weighted by molar-refractivity contribution is 5.94. The van der Waals surface area contributed by atoms with Gasteiger partial charge in [-0.15, -0.1) is 0 Å². The Morgan fingerprint density at radius 1 is 1.05 bits per heavy atom. The summed E-state index contributed by atoms with van der Waals surface area (Å²) in [5.41, 5.74) is 1.92. The van der Waals surface area contributed by atoms with E-state index in [-0.39, 0.29) is 17.7 Å². The zero-order valence-electron chi connectivity index (χ0n) is 11.0. The third-order valence-corrected chi connectivity index (χ3v) is 2.77. The maximum absolute atomic E-state index is 11.9. The molecule has 2 aromatic carbocycles. The van der Waals surface area contributed by atoms with Crippen LogP contribution in [0.4, 0.5) is 0 Å². The number of esters is 1. The van der Waals surface area contributed by atoms with Crippen molar-refractivity contribution in [3.05, 3.63) is 70.8 Å². The zero-order chi connectivity index (χ0) is 14.5. The van der Waals surface area contributed by atoms with Gasteiger partial charge in [-0.2, -0.15) is 0 Å². The molecule has 0 saturated carbocycles. The molecule has 4 nitrogen and oxygen atoms in total. The van der Waals surface area contributed by atoms with E-state index in [2.05, 4.69) is 0 Å². The van der Waals surface area contributed by atoms with Gasteiger partial charge in [0.1, 0.15) is 6.61 Å². The summed E-state index contributed by atoms with van der Waals surface area (Å²) in [5.74, 6) is -1.59. The molecule has 0 amide bonds. The van der Waals surface area contributed by atoms with Gasteiger partial charge in [0, 0.05) is 0 Å². The lowest BCUT2D eigenvalue weighted by molar-refractivity contribution is 0.0472. The number of hydrogen-bond donors (Lipinski definition) is 1. The Morgan fingerprint density at radius 3 is 2.35 bits per heavy atom. The average molecular weight is 270 g/mol. The number of ether oxygens (including phenoxy) is 1. The highest BCUT2D eigenvalue weighted by atomic mass is 16.5. The number of rotatable bonds is 4. The third kappa shape index (κ3) is 3.45. The summed E-state index contributed by atoms with van der Waals surface area (Å²) >= 11 is 0. The van der Waals surface area contributed by atoms with E-state index in [0.717, 1.165) is 5.56 Å². The first-order chi connectivity index (χ1) is 9.56. The fraction of sp³-hybridized carbons (Fsp3) is 0.125. The largest absolute Gasteiger partial charge is 0.478 e. The molecule has 0 bridgehead atoms. The summed E-state index contributed by atoms with van der Waals surface area (Å²) in [6.07, 6.45) is 0. The molecule has 102 valence electrons. The Hall–Kier alpha value is -2.62. The molecular formula is C16H14O4. The number of aromatic carboxylic acids is 1. The highest BCUT2D eigenvalue weighted by Gasteiger charge is 2.12. The van der Waals surface area contributed by atoms with Crippen LogP contribution in [0.1, 0.15) is 31.8 Å². The molecule has 2 aromatic rings. The standard InChI is InChI=1S/C16H14O4/c1-11-7-13(15(17)18)9-14(8-11)16(19)20-10-12-5-3-2-4-6-12/h2-9H,10H2,1H3,(H,17,18). The lowest BCUT2D eigenvalue weighted by Gasteiger charge is -2.06. The fourth-order valence-corrected chi connectivity index (χ4v) is 1.83. The molecule has 0 aliphatic carbocycles. The van der Waals surface area contributed by atoms with Gasteiger partial charge in [-0.05, 0) is 36.2 Å². The first-order valence-corrected chi connectivity index (χ1v) is 6.12. The van der Waals surface area contributed by atoms with E-state index in [0.29, 0.717) is 5.56 Å². The van der Waals surface area contributed by atoms with Crippen LogP contribution >= 0.6 is 0 Å². The monoisotopic (exact) mass is 270 g/mol. The van der Waals surface area contributed by atoms with Gasteiger partial charge in [0.25, 0.3) is 0 Å². The van der Waals surface area contributed by atoms with Gasteiger partial charge in [0.15, 0.2) is 0 Å². The topological polar surface area (TPSA) is 63.6 Å². The third-order valence-electron chi connectivity index (χ3n) is 2.77. The smallest absolute Gasteiger partial charge is 0.338 e. The molecule has 0 spiro atoms. The predicted molar refractivity (Wildman–Crippen MR) is 73.7 cm³/mol. The van der Waals surface area contributed by atoms with Crippen LogP contribution < -0.4 is 0 Å². The summed E-state index contributed by atoms with van der Waals surface area (Å²) in [6.45, 7) is 1.90. The van der Waals surface area contributed by atoms with Crippen molar-refractivity contribution >= 4 is 11.9 Å². The molecule has 0 radical (unpaired) electrons. The second-order valence-corrected chi connectivity index (χ2v) is 4.45. The van der Waals surface area contributed by atoms with Crippen LogP contribution in [0, 0.1) is 6.92 Å². The number of carboxylic acids is 1. The van der Waals surface area contributed by atoms with Crippen molar-refractivity contribution in [1.82, 2.24) is 0 Å². The van der Waals surface area contributed by atoms with Crippen LogP contribution in [0.3, 0.4) is 0 Å². The summed E-state index contributed by atoms with van der Waals surface area (Å²) in [4.78, 5) is 22.9. The minimum atomic E-state index is -1.06. The van der Waals surface area contributed by atoms with E-state index in [4.69, 9.17) is 9.84 Å². The lowest BCUT2D eigenvalue weighted by Crippen LogP contribution is -2.08. The van der Waals surface area contributed by atoms with Gasteiger partial charge in [-0.25, -0.2) is 9.59 Å². The molecule has 0 heterocycles. The first kappa shape index (κ1) is 13.8. The molecule has 1 N–H and O–H groups in total. The van der Waals surface area contributed by atoms with E-state index in [1.165, 1.54) is 12.1 Å². The van der Waals surface area contributed by atoms with Gasteiger partial charge in [0.2, 0.25) is 0 Å². The number of hydrogen-bond acceptors (Lipinski definition) is 3. The quantitative estimate of drug-likeness (QED) is 0.867. The number of aryl methyl sites for hydroxylation is 1. The van der Waals surface area contributed by atoms with Gasteiger partial charge in [0.05, 0.1) is 11.1 Å². The Morgan fingerprint density at radius 2 is 1.70 bits per heavy atom. The van der Waals surface area contributed by atoms with Crippen molar-refractivity contribution in [2.75, 3.05) is 0 Å². The van der Waals surface area contributed by atoms with E-state index in [1.54, 1.807) is 13.0 Å². The van der Waals surface area contributed by atoms with E-state index >= 15 is 0 Å². The average Bonchev–Trinajstić information content (AvgIpc) is 2.45. The molecule has 0 aliphatic rings. The number of carbonyl (C=O) groups excluding carboxylic acids is 1. The minimum absolute atomic E-state index is 0.0802. The van der Waals surface area contributed by atoms with E-state index in [9.17, 15) is 9.59 Å². The van der Waals surface area contributed by atoms with Crippen molar-refractivity contribution in [2.24, 2.45) is 0 Å². The summed E-state index contributed by atoms with van der Waals surface area (Å²) in [7, 11) is 0. The van der Waals surface area contributed by atoms with Crippen molar-refractivity contribution in [3.63, 3.8) is 0 Å². The van der Waals surface area contributed by atoms with Gasteiger partial charge < -0.3 is 9.84 Å². The molecular weight excluding hydrogens is 256 g/mol. The van der Waals surface area contributed by atoms with Crippen LogP contribution in [-0.2, 0) is 11.3 Å². The van der Waals surface area contributed by atoms with Crippen LogP contribution in [0.15, 0.2) is 48.5 Å². The zero-order valence-corrected chi connectivity index (χ0v) is 11.0. The first-order valence-electron chi connectivity index (χ1n) is 6.12. The molecule has 0 atom stereocenters. The van der Waals surface area contributed by atoms with Gasteiger partial charge in [-0.1, -0.05) is 30.3 Å². The number of carboxylic acid groups (broad SMARTS) is 1. The Kier molecular flexibility index (Phi) is 4.15. The second-order valence-electron chi connectivity index (χ2n) is 4.45. The van der Waals surface area contributed by atoms with Crippen LogP contribution in [0.25, 0.3) is 0 Å². The van der Waals surface area contributed by atoms with Crippen LogP contribution in [-0.4, -0.2) is 17.0 Å². The second kappa shape index (κ2) is 6.02. The van der Waals surface area contributed by atoms with Crippen LogP contribution in [0.2, 0.25) is 0 Å². The number of carbonyl (C=O) groups is 2. The molecule has 0 aromatic heterocycles. The molecule has 0 aliphatic heterocycles. The van der Waals surface area contributed by atoms with Gasteiger partial charge >= 0.3 is 11.9 Å². The van der Waals surface area contributed by atoms with E-state index in [1.807, 2.05) is 30.3 Å². The van der Waals surface area contributed by atoms with Crippen molar-refractivity contribution in [2.45, 2.75) is 13.5 Å². The Bertz CT molecular complexity index is 632. The summed E-state index contributed by atoms with van der Waals surface area (Å²) in [5, 5.41) is 8.97. The van der Waals surface area contributed by atoms with Crippen molar-refractivity contribution in [3.8, 4) is 0 Å². The Labute approximate surface area is 116 Å². The minimum Gasteiger partial charge on any atom is -0.478 e. The highest BCUT2D eigenvalue weighted by Crippen LogP contribution is 2.12. The maximum Gasteiger partial charge on any atom is 0.338 e. The molecule has 0 fully saturated rings. The SMILES string of the molecule is Cc1cc(C(=O)O)cc(C(=O)OCc2ccccc2)c1. The molecule has 0 unspecified atom stereocenters. The number of benzene rings is 2. The maximum atomic E-state index is 11.9.